The molecule has 0 radical (unpaired) electrons. The lowest BCUT2D eigenvalue weighted by Crippen LogP contribution is -2.40. The van der Waals surface area contributed by atoms with Crippen molar-refractivity contribution in [2.45, 2.75) is 45.2 Å². The number of hydrogen-bond donors (Lipinski definition) is 2. The van der Waals surface area contributed by atoms with Crippen molar-refractivity contribution in [2.24, 2.45) is 4.99 Å². The van der Waals surface area contributed by atoms with E-state index in [9.17, 15) is 0 Å². The van der Waals surface area contributed by atoms with Crippen molar-refractivity contribution >= 4 is 29.9 Å². The lowest BCUT2D eigenvalue weighted by Gasteiger charge is -2.16. The summed E-state index contributed by atoms with van der Waals surface area (Å²) >= 11 is 0. The van der Waals surface area contributed by atoms with Crippen LogP contribution in [0.15, 0.2) is 45.8 Å². The lowest BCUT2D eigenvalue weighted by molar-refractivity contribution is 0.441. The largest absolute Gasteiger partial charge is 0.464 e. The number of nitrogens with one attached hydrogen (secondary N) is 2. The van der Waals surface area contributed by atoms with Gasteiger partial charge in [-0.05, 0) is 50.5 Å². The third-order valence-electron chi connectivity index (χ3n) is 4.47. The molecule has 24 heavy (non-hydrogen) atoms. The van der Waals surface area contributed by atoms with Gasteiger partial charge < -0.3 is 15.1 Å². The van der Waals surface area contributed by atoms with Gasteiger partial charge in [0, 0.05) is 19.0 Å². The van der Waals surface area contributed by atoms with Gasteiger partial charge in [-0.2, -0.15) is 0 Å². The van der Waals surface area contributed by atoms with E-state index in [2.05, 4.69) is 53.7 Å². The third kappa shape index (κ3) is 4.32. The predicted octanol–water partition coefficient (Wildman–Crippen LogP) is 4.30. The Morgan fingerprint density at radius 3 is 2.58 bits per heavy atom. The normalized spacial score (nSPS) is 20.9. The summed E-state index contributed by atoms with van der Waals surface area (Å²) in [6, 6.07) is 13.2. The van der Waals surface area contributed by atoms with E-state index in [4.69, 9.17) is 4.42 Å². The second kappa shape index (κ2) is 8.05. The van der Waals surface area contributed by atoms with E-state index >= 15 is 0 Å². The molecule has 4 nitrogen and oxygen atoms in total. The van der Waals surface area contributed by atoms with Crippen LogP contribution in [0.5, 0.6) is 0 Å². The lowest BCUT2D eigenvalue weighted by atomic mass is 10.0. The molecular formula is C19H26IN3O. The Labute approximate surface area is 161 Å². The minimum atomic E-state index is 0. The van der Waals surface area contributed by atoms with Gasteiger partial charge in [0.25, 0.3) is 0 Å². The van der Waals surface area contributed by atoms with E-state index in [1.54, 1.807) is 7.05 Å². The first-order valence-electron chi connectivity index (χ1n) is 8.20. The van der Waals surface area contributed by atoms with E-state index in [1.807, 2.05) is 19.1 Å². The first-order valence-corrected chi connectivity index (χ1v) is 8.20. The fourth-order valence-electron chi connectivity index (χ4n) is 3.01. The van der Waals surface area contributed by atoms with E-state index in [-0.39, 0.29) is 30.0 Å². The van der Waals surface area contributed by atoms with Crippen LogP contribution in [-0.2, 0) is 0 Å². The molecule has 1 aromatic carbocycles. The molecule has 1 heterocycles. The molecule has 1 fully saturated rings. The number of benzene rings is 1. The van der Waals surface area contributed by atoms with Gasteiger partial charge in [-0.1, -0.05) is 24.3 Å². The summed E-state index contributed by atoms with van der Waals surface area (Å²) in [4.78, 5) is 4.34. The smallest absolute Gasteiger partial charge is 0.191 e. The number of hydrogen-bond acceptors (Lipinski definition) is 2. The van der Waals surface area contributed by atoms with E-state index in [0.29, 0.717) is 12.0 Å². The molecule has 3 atom stereocenters. The third-order valence-corrected chi connectivity index (χ3v) is 4.47. The Hall–Kier alpha value is -1.50. The quantitative estimate of drug-likeness (QED) is 0.425. The van der Waals surface area contributed by atoms with Crippen LogP contribution < -0.4 is 10.6 Å². The molecule has 3 unspecified atom stereocenters. The molecule has 2 N–H and O–H groups in total. The average molecular weight is 439 g/mol. The van der Waals surface area contributed by atoms with Crippen molar-refractivity contribution in [3.63, 3.8) is 0 Å². The van der Waals surface area contributed by atoms with E-state index in [0.717, 1.165) is 23.9 Å². The average Bonchev–Trinajstić information content (AvgIpc) is 3.15. The SMILES string of the molecule is CN=C(NC(C)c1ccc(C)o1)NC1CC1c1ccccc1C.I. The first-order chi connectivity index (χ1) is 11.1. The van der Waals surface area contributed by atoms with Crippen LogP contribution in [0, 0.1) is 13.8 Å². The molecular weight excluding hydrogens is 413 g/mol. The van der Waals surface area contributed by atoms with Crippen molar-refractivity contribution in [3.05, 3.63) is 59.0 Å². The van der Waals surface area contributed by atoms with Crippen LogP contribution in [0.1, 0.15) is 48.0 Å². The highest BCUT2D eigenvalue weighted by atomic mass is 127. The molecule has 2 aromatic rings. The first kappa shape index (κ1) is 18.8. The van der Waals surface area contributed by atoms with Gasteiger partial charge in [-0.25, -0.2) is 0 Å². The predicted molar refractivity (Wildman–Crippen MR) is 109 cm³/mol. The Bertz CT molecular complexity index is 710. The molecule has 130 valence electrons. The Balaban J connectivity index is 0.00000208. The Morgan fingerprint density at radius 1 is 1.21 bits per heavy atom. The van der Waals surface area contributed by atoms with Crippen LogP contribution in [0.2, 0.25) is 0 Å². The van der Waals surface area contributed by atoms with Crippen LogP contribution in [0.4, 0.5) is 0 Å². The van der Waals surface area contributed by atoms with E-state index < -0.39 is 0 Å². The number of aliphatic imine (C=N–C) groups is 1. The Kier molecular flexibility index (Phi) is 6.32. The van der Waals surface area contributed by atoms with Gasteiger partial charge >= 0.3 is 0 Å². The molecule has 0 amide bonds. The topological polar surface area (TPSA) is 49.6 Å². The van der Waals surface area contributed by atoms with E-state index in [1.165, 1.54) is 11.1 Å². The van der Waals surface area contributed by atoms with Gasteiger partial charge in [0.15, 0.2) is 5.96 Å². The maximum Gasteiger partial charge on any atom is 0.191 e. The molecule has 0 aliphatic heterocycles. The number of furan rings is 1. The monoisotopic (exact) mass is 439 g/mol. The van der Waals surface area contributed by atoms with Crippen molar-refractivity contribution < 1.29 is 4.42 Å². The standard InChI is InChI=1S/C19H25N3O.HI/c1-12-7-5-6-8-15(12)16-11-17(16)22-19(20-4)21-14(3)18-10-9-13(2)23-18;/h5-10,14,16-17H,11H2,1-4H3,(H2,20,21,22);1H. The van der Waals surface area contributed by atoms with Gasteiger partial charge in [-0.3, -0.25) is 4.99 Å². The highest BCUT2D eigenvalue weighted by Gasteiger charge is 2.39. The van der Waals surface area contributed by atoms with Gasteiger partial charge in [0.1, 0.15) is 11.5 Å². The van der Waals surface area contributed by atoms with Crippen LogP contribution in [0.3, 0.4) is 0 Å². The number of aryl methyl sites for hydroxylation is 2. The molecule has 0 saturated heterocycles. The highest BCUT2D eigenvalue weighted by molar-refractivity contribution is 14.0. The molecule has 0 spiro atoms. The van der Waals surface area contributed by atoms with Crippen molar-refractivity contribution in [1.82, 2.24) is 10.6 Å². The van der Waals surface area contributed by atoms with Gasteiger partial charge in [-0.15, -0.1) is 24.0 Å². The van der Waals surface area contributed by atoms with Crippen molar-refractivity contribution in [3.8, 4) is 0 Å². The molecule has 3 rings (SSSR count). The summed E-state index contributed by atoms with van der Waals surface area (Å²) in [7, 11) is 1.81. The summed E-state index contributed by atoms with van der Waals surface area (Å²) in [6.45, 7) is 6.22. The number of rotatable bonds is 4. The zero-order valence-corrected chi connectivity index (χ0v) is 17.0. The molecule has 1 saturated carbocycles. The number of halogens is 1. The second-order valence-electron chi connectivity index (χ2n) is 6.34. The molecule has 1 aliphatic rings. The fraction of sp³-hybridized carbons (Fsp3) is 0.421. The van der Waals surface area contributed by atoms with Gasteiger partial charge in [0.05, 0.1) is 6.04 Å². The van der Waals surface area contributed by atoms with Crippen LogP contribution in [-0.4, -0.2) is 19.0 Å². The fourth-order valence-corrected chi connectivity index (χ4v) is 3.01. The molecule has 5 heteroatoms. The zero-order valence-electron chi connectivity index (χ0n) is 14.7. The maximum absolute atomic E-state index is 5.67. The molecule has 1 aliphatic carbocycles. The number of nitrogens with zero attached hydrogens (tertiary/aromatic N) is 1. The van der Waals surface area contributed by atoms with Crippen molar-refractivity contribution in [2.75, 3.05) is 7.05 Å². The zero-order chi connectivity index (χ0) is 16.4. The minimum absolute atomic E-state index is 0. The maximum atomic E-state index is 5.67. The summed E-state index contributed by atoms with van der Waals surface area (Å²) in [5.41, 5.74) is 2.80. The number of guanidine groups is 1. The summed E-state index contributed by atoms with van der Waals surface area (Å²) < 4.78 is 5.67. The Morgan fingerprint density at radius 2 is 1.96 bits per heavy atom. The van der Waals surface area contributed by atoms with Gasteiger partial charge in [0.2, 0.25) is 0 Å². The second-order valence-corrected chi connectivity index (χ2v) is 6.34. The van der Waals surface area contributed by atoms with Crippen LogP contribution >= 0.6 is 24.0 Å². The summed E-state index contributed by atoms with van der Waals surface area (Å²) in [5.74, 6) is 3.26. The molecule has 0 bridgehead atoms. The van der Waals surface area contributed by atoms with Crippen molar-refractivity contribution in [1.29, 1.82) is 0 Å². The minimum Gasteiger partial charge on any atom is -0.464 e. The summed E-state index contributed by atoms with van der Waals surface area (Å²) in [5, 5.41) is 6.92. The van der Waals surface area contributed by atoms with Crippen LogP contribution in [0.25, 0.3) is 0 Å². The summed E-state index contributed by atoms with van der Waals surface area (Å²) in [6.07, 6.45) is 1.15. The molecule has 1 aromatic heterocycles. The highest BCUT2D eigenvalue weighted by Crippen LogP contribution is 2.42.